The summed E-state index contributed by atoms with van der Waals surface area (Å²) in [4.78, 5) is 22.1. The summed E-state index contributed by atoms with van der Waals surface area (Å²) in [6.45, 7) is 3.03. The van der Waals surface area contributed by atoms with Gasteiger partial charge < -0.3 is 19.2 Å². The van der Waals surface area contributed by atoms with Crippen LogP contribution in [0.1, 0.15) is 36.1 Å². The zero-order valence-electron chi connectivity index (χ0n) is 28.6. The minimum atomic E-state index is -0.689. The Morgan fingerprint density at radius 2 is 1.25 bits per heavy atom. The van der Waals surface area contributed by atoms with Crippen LogP contribution in [0.25, 0.3) is 44.6 Å². The first-order valence-electron chi connectivity index (χ1n) is 17.7. The molecule has 1 N–H and O–H groups in total. The molecule has 2 fully saturated rings. The lowest BCUT2D eigenvalue weighted by atomic mass is 9.95. The highest BCUT2D eigenvalue weighted by atomic mass is 35.5. The third-order valence-corrected chi connectivity index (χ3v) is 10.9. The molecule has 0 bridgehead atoms. The summed E-state index contributed by atoms with van der Waals surface area (Å²) in [5.74, 6) is -0.498. The summed E-state index contributed by atoms with van der Waals surface area (Å²) in [7, 11) is 0. The Hall–Kier alpha value is -4.29. The van der Waals surface area contributed by atoms with E-state index in [0.29, 0.717) is 60.1 Å². The molecule has 274 valence electrons. The van der Waals surface area contributed by atoms with E-state index in [1.807, 2.05) is 34.9 Å². The third-order valence-electron chi connectivity index (χ3n) is 10.5. The fraction of sp³-hybridized carbons (Fsp3) is 0.325. The molecule has 13 heteroatoms. The van der Waals surface area contributed by atoms with Crippen molar-refractivity contribution in [1.82, 2.24) is 29.3 Å². The maximum atomic E-state index is 14.4. The number of halogens is 6. The maximum absolute atomic E-state index is 14.4. The molecular formula is C40H36Cl2F4N6O. The summed E-state index contributed by atoms with van der Waals surface area (Å²) < 4.78 is 57.2. The van der Waals surface area contributed by atoms with Crippen molar-refractivity contribution in [2.24, 2.45) is 0 Å². The largest absolute Gasteiger partial charge is 0.336 e. The topological polar surface area (TPSA) is 68.0 Å². The second-order valence-electron chi connectivity index (χ2n) is 13.9. The lowest BCUT2D eigenvalue weighted by molar-refractivity contribution is -0.108. The van der Waals surface area contributed by atoms with E-state index in [0.717, 1.165) is 70.6 Å². The van der Waals surface area contributed by atoms with Gasteiger partial charge in [0.1, 0.15) is 40.6 Å². The summed E-state index contributed by atoms with van der Waals surface area (Å²) in [5.41, 5.74) is 7.15. The monoisotopic (exact) mass is 762 g/mol. The van der Waals surface area contributed by atoms with Crippen LogP contribution in [0, 0.1) is 11.6 Å². The van der Waals surface area contributed by atoms with Gasteiger partial charge >= 0.3 is 0 Å². The van der Waals surface area contributed by atoms with Crippen LogP contribution in [0.3, 0.4) is 0 Å². The molecule has 10 rings (SSSR count). The Balaban J connectivity index is 0.000000135. The van der Waals surface area contributed by atoms with Crippen molar-refractivity contribution in [2.45, 2.75) is 50.1 Å². The highest BCUT2D eigenvalue weighted by Crippen LogP contribution is 2.42. The number of pyridine rings is 2. The second-order valence-corrected chi connectivity index (χ2v) is 14.7. The first kappa shape index (κ1) is 35.7. The molecular weight excluding hydrogens is 727 g/mol. The van der Waals surface area contributed by atoms with Gasteiger partial charge in [-0.15, -0.1) is 0 Å². The molecule has 4 aromatic heterocycles. The number of carbonyl (C=O) groups is 1. The van der Waals surface area contributed by atoms with E-state index in [1.54, 1.807) is 30.3 Å². The number of alkyl halides is 2. The van der Waals surface area contributed by atoms with Crippen molar-refractivity contribution in [3.05, 3.63) is 106 Å². The molecule has 0 amide bonds. The standard InChI is InChI=1S/C20H18ClF2N3.C17H12ClFN2O.C3H6FN/c21-19-5-4-12-8-14(6-7-25-10-13(22)11-25)26-17-3-1-2-16(23)15(17)9-18(26)20(12)24-19;18-16-5-4-10-8-11(6-7-22)21-14-3-1-2-13(19)12(14)9-15(21)17(10)20-16;4-3-1-5-2-3/h1-5,9,13-14H,6-8,10-11H2;1-5,7,9,11H,6,8H2;3,5H,1-2H2. The maximum Gasteiger partial charge on any atom is 0.132 e. The Kier molecular flexibility index (Phi) is 10.0. The molecule has 0 spiro atoms. The van der Waals surface area contributed by atoms with Crippen molar-refractivity contribution in [3.63, 3.8) is 0 Å². The van der Waals surface area contributed by atoms with Crippen molar-refractivity contribution < 1.29 is 22.4 Å². The number of carbonyl (C=O) groups excluding carboxylic acids is 1. The number of aldehydes is 1. The number of likely N-dealkylation sites (tertiary alicyclic amines) is 1. The van der Waals surface area contributed by atoms with E-state index >= 15 is 0 Å². The van der Waals surface area contributed by atoms with Crippen LogP contribution >= 0.6 is 23.2 Å². The van der Waals surface area contributed by atoms with Crippen molar-refractivity contribution in [1.29, 1.82) is 0 Å². The van der Waals surface area contributed by atoms with Gasteiger partial charge in [-0.2, -0.15) is 0 Å². The van der Waals surface area contributed by atoms with E-state index in [-0.39, 0.29) is 23.7 Å². The lowest BCUT2D eigenvalue weighted by Crippen LogP contribution is -2.48. The van der Waals surface area contributed by atoms with Crippen LogP contribution in [0.5, 0.6) is 0 Å². The van der Waals surface area contributed by atoms with Gasteiger partial charge in [-0.1, -0.05) is 47.5 Å². The number of fused-ring (bicyclic) bond motifs is 10. The quantitative estimate of drug-likeness (QED) is 0.108. The van der Waals surface area contributed by atoms with Gasteiger partial charge in [0, 0.05) is 62.0 Å². The predicted octanol–water partition coefficient (Wildman–Crippen LogP) is 8.75. The third kappa shape index (κ3) is 6.96. The smallest absolute Gasteiger partial charge is 0.132 e. The molecule has 0 aliphatic carbocycles. The molecule has 2 unspecified atom stereocenters. The molecule has 2 saturated heterocycles. The van der Waals surface area contributed by atoms with Crippen LogP contribution in [0.15, 0.2) is 72.8 Å². The Labute approximate surface area is 313 Å². The van der Waals surface area contributed by atoms with Gasteiger partial charge in [0.15, 0.2) is 0 Å². The van der Waals surface area contributed by atoms with E-state index in [4.69, 9.17) is 23.2 Å². The number of aromatic nitrogens is 4. The average molecular weight is 764 g/mol. The number of rotatable bonds is 5. The van der Waals surface area contributed by atoms with Gasteiger partial charge in [0.2, 0.25) is 0 Å². The van der Waals surface area contributed by atoms with E-state index in [1.165, 1.54) is 12.1 Å². The summed E-state index contributed by atoms with van der Waals surface area (Å²) in [5, 5.41) is 4.78. The molecule has 7 nitrogen and oxygen atoms in total. The Morgan fingerprint density at radius 1 is 0.736 bits per heavy atom. The molecule has 4 aliphatic rings. The fourth-order valence-electron chi connectivity index (χ4n) is 7.78. The second kappa shape index (κ2) is 14.9. The number of hydrogen-bond donors (Lipinski definition) is 1. The van der Waals surface area contributed by atoms with Crippen molar-refractivity contribution >= 4 is 51.3 Å². The fourth-order valence-corrected chi connectivity index (χ4v) is 8.07. The highest BCUT2D eigenvalue weighted by molar-refractivity contribution is 6.29. The highest BCUT2D eigenvalue weighted by Gasteiger charge is 2.32. The number of benzene rings is 2. The minimum absolute atomic E-state index is 0.0257. The predicted molar refractivity (Wildman–Crippen MR) is 200 cm³/mol. The van der Waals surface area contributed by atoms with Crippen LogP contribution in [0.4, 0.5) is 17.6 Å². The number of nitrogens with zero attached hydrogens (tertiary/aromatic N) is 5. The van der Waals surface area contributed by atoms with Crippen molar-refractivity contribution in [3.8, 4) is 22.8 Å². The molecule has 0 radical (unpaired) electrons. The molecule has 2 aromatic carbocycles. The van der Waals surface area contributed by atoms with Crippen LogP contribution in [-0.2, 0) is 17.6 Å². The van der Waals surface area contributed by atoms with Gasteiger partial charge in [-0.05, 0) is 78.9 Å². The Morgan fingerprint density at radius 3 is 1.72 bits per heavy atom. The summed E-state index contributed by atoms with van der Waals surface area (Å²) in [6, 6.07) is 21.5. The average Bonchev–Trinajstić information content (AvgIpc) is 3.72. The molecule has 6 aromatic rings. The zero-order valence-corrected chi connectivity index (χ0v) is 30.1. The normalized spacial score (nSPS) is 19.1. The number of nitrogens with one attached hydrogen (secondary N) is 1. The lowest BCUT2D eigenvalue weighted by Gasteiger charge is -2.36. The van der Waals surface area contributed by atoms with E-state index in [2.05, 4.69) is 24.8 Å². The molecule has 0 saturated carbocycles. The van der Waals surface area contributed by atoms with Gasteiger partial charge in [0.25, 0.3) is 0 Å². The van der Waals surface area contributed by atoms with Crippen molar-refractivity contribution in [2.75, 3.05) is 32.7 Å². The van der Waals surface area contributed by atoms with E-state index in [9.17, 15) is 22.4 Å². The van der Waals surface area contributed by atoms with Gasteiger partial charge in [-0.3, -0.25) is 4.90 Å². The van der Waals surface area contributed by atoms with Gasteiger partial charge in [0.05, 0.1) is 33.8 Å². The first-order chi connectivity index (χ1) is 25.7. The minimum Gasteiger partial charge on any atom is -0.336 e. The zero-order chi connectivity index (χ0) is 36.8. The molecule has 2 atom stereocenters. The first-order valence-corrected chi connectivity index (χ1v) is 18.5. The Bertz CT molecular complexity index is 2320. The SMILES string of the molecule is FC1CNC1.Fc1cccc2c1cc1n2C(CCN2CC(F)C2)Cc2ccc(Cl)nc2-1.O=CCC1Cc2ccc(Cl)nc2-c2cc3c(F)cccc3n21. The molecule has 4 aliphatic heterocycles. The molecule has 8 heterocycles. The van der Waals surface area contributed by atoms with Crippen LogP contribution in [0.2, 0.25) is 10.3 Å². The van der Waals surface area contributed by atoms with Gasteiger partial charge in [-0.25, -0.2) is 27.5 Å². The van der Waals surface area contributed by atoms with Crippen LogP contribution < -0.4 is 5.32 Å². The summed E-state index contributed by atoms with van der Waals surface area (Å²) in [6.07, 6.45) is 2.46. The molecule has 53 heavy (non-hydrogen) atoms. The summed E-state index contributed by atoms with van der Waals surface area (Å²) >= 11 is 12.1. The van der Waals surface area contributed by atoms with Crippen LogP contribution in [-0.4, -0.2) is 75.4 Å². The number of hydrogen-bond acceptors (Lipinski definition) is 5. The van der Waals surface area contributed by atoms with E-state index < -0.39 is 12.3 Å².